The lowest BCUT2D eigenvalue weighted by atomic mass is 9.85. The van der Waals surface area contributed by atoms with Crippen LogP contribution in [0, 0.1) is 23.7 Å². The van der Waals surface area contributed by atoms with E-state index in [9.17, 15) is 47.8 Å². The summed E-state index contributed by atoms with van der Waals surface area (Å²) in [6.07, 6.45) is -6.51. The zero-order valence-electron chi connectivity index (χ0n) is 41.9. The van der Waals surface area contributed by atoms with Crippen molar-refractivity contribution in [3.63, 3.8) is 0 Å². The van der Waals surface area contributed by atoms with E-state index in [0.717, 1.165) is 49.9 Å². The number of nitriles is 1. The standard InChI is InChI=1S/C54H58F3N7O8S2/c1-31(33-8-10-36(11-9-33)46-32(2)59-30-74-46)60-48(68)44-25-41(66)27-62(44)49(69)47(52(3,4)5)61-45(67)29-71-28-40(65)22-23-72-42-20-15-35(16-21-42)34-12-17-38(18-13-34)64-51(73)63(50(70)53(64,6)7)39-19-14-37(26-58)43(24-39)54(55,56)57/h8-21,24,30-31,40-41,44,47,65-66H,22-23,25,27-29H2,1-7H3,(H,60,68)(H,61,67)/t31-,40+,41+,44-,47+/m0/s1. The van der Waals surface area contributed by atoms with Crippen molar-refractivity contribution >= 4 is 63.7 Å². The van der Waals surface area contributed by atoms with Crippen molar-refractivity contribution in [2.75, 3.05) is 36.2 Å². The highest BCUT2D eigenvalue weighted by molar-refractivity contribution is 7.81. The first-order valence-corrected chi connectivity index (χ1v) is 25.2. The average Bonchev–Trinajstić information content (AvgIpc) is 4.02. The van der Waals surface area contributed by atoms with Crippen molar-refractivity contribution in [1.29, 1.82) is 5.26 Å². The lowest BCUT2D eigenvalue weighted by Crippen LogP contribution is -2.58. The van der Waals surface area contributed by atoms with E-state index >= 15 is 0 Å². The maximum atomic E-state index is 14.1. The van der Waals surface area contributed by atoms with E-state index in [1.165, 1.54) is 11.0 Å². The number of benzene rings is 4. The van der Waals surface area contributed by atoms with E-state index in [2.05, 4.69) is 15.6 Å². The molecule has 7 rings (SSSR count). The number of amides is 4. The Labute approximate surface area is 436 Å². The first-order valence-electron chi connectivity index (χ1n) is 23.9. The van der Waals surface area contributed by atoms with Crippen molar-refractivity contribution in [3.05, 3.63) is 119 Å². The summed E-state index contributed by atoms with van der Waals surface area (Å²) in [6.45, 7) is 11.8. The molecule has 74 heavy (non-hydrogen) atoms. The fraction of sp³-hybridized carbons (Fsp3) is 0.389. The van der Waals surface area contributed by atoms with Gasteiger partial charge in [0.05, 0.1) is 70.4 Å². The minimum atomic E-state index is -4.82. The van der Waals surface area contributed by atoms with Gasteiger partial charge < -0.3 is 40.1 Å². The Bertz CT molecular complexity index is 2920. The van der Waals surface area contributed by atoms with Crippen molar-refractivity contribution in [2.45, 2.75) is 103 Å². The van der Waals surface area contributed by atoms with Crippen molar-refractivity contribution in [2.24, 2.45) is 5.41 Å². The molecule has 0 saturated carbocycles. The third kappa shape index (κ3) is 12.3. The van der Waals surface area contributed by atoms with Gasteiger partial charge in [0, 0.05) is 25.1 Å². The average molecular weight is 1050 g/mol. The number of carbonyl (C=O) groups excluding carboxylic acids is 4. The van der Waals surface area contributed by atoms with E-state index in [-0.39, 0.29) is 43.4 Å². The number of hydrogen-bond acceptors (Lipinski definition) is 12. The number of likely N-dealkylation sites (tertiary alicyclic amines) is 1. The molecule has 1 aromatic heterocycles. The molecule has 4 aromatic carbocycles. The molecule has 0 radical (unpaired) electrons. The Morgan fingerprint density at radius 1 is 0.959 bits per heavy atom. The topological polar surface area (TPSA) is 198 Å². The molecule has 4 amide bonds. The first-order chi connectivity index (χ1) is 34.9. The molecule has 2 aliphatic rings. The van der Waals surface area contributed by atoms with Crippen LogP contribution in [0.4, 0.5) is 24.5 Å². The number of carbonyl (C=O) groups is 4. The summed E-state index contributed by atoms with van der Waals surface area (Å²) < 4.78 is 52.7. The van der Waals surface area contributed by atoms with Gasteiger partial charge in [0.25, 0.3) is 5.91 Å². The van der Waals surface area contributed by atoms with Crippen LogP contribution in [0.25, 0.3) is 21.6 Å². The lowest BCUT2D eigenvalue weighted by molar-refractivity contribution is -0.145. The molecular weight excluding hydrogens is 996 g/mol. The van der Waals surface area contributed by atoms with Crippen LogP contribution >= 0.6 is 23.6 Å². The molecule has 3 heterocycles. The van der Waals surface area contributed by atoms with Crippen molar-refractivity contribution in [3.8, 4) is 33.4 Å². The van der Waals surface area contributed by atoms with E-state index in [0.29, 0.717) is 11.4 Å². The summed E-state index contributed by atoms with van der Waals surface area (Å²) in [5.74, 6) is -1.53. The number of hydrogen-bond donors (Lipinski definition) is 4. The van der Waals surface area contributed by atoms with Crippen LogP contribution in [0.5, 0.6) is 5.75 Å². The summed E-state index contributed by atoms with van der Waals surface area (Å²) in [5.41, 5.74) is 2.94. The predicted molar refractivity (Wildman–Crippen MR) is 278 cm³/mol. The van der Waals surface area contributed by atoms with Gasteiger partial charge in [-0.15, -0.1) is 11.3 Å². The quantitative estimate of drug-likeness (QED) is 0.0654. The zero-order chi connectivity index (χ0) is 53.9. The largest absolute Gasteiger partial charge is 0.493 e. The first kappa shape index (κ1) is 55.0. The number of thiocarbonyl (C=S) groups is 1. The number of anilines is 2. The maximum Gasteiger partial charge on any atom is 0.417 e. The highest BCUT2D eigenvalue weighted by atomic mass is 32.1. The van der Waals surface area contributed by atoms with Crippen LogP contribution in [0.3, 0.4) is 0 Å². The van der Waals surface area contributed by atoms with Crippen LogP contribution < -0.4 is 25.2 Å². The molecule has 20 heteroatoms. The predicted octanol–water partition coefficient (Wildman–Crippen LogP) is 8.11. The summed E-state index contributed by atoms with van der Waals surface area (Å²) >= 11 is 7.22. The van der Waals surface area contributed by atoms with Crippen LogP contribution in [-0.2, 0) is 30.1 Å². The molecule has 5 aromatic rings. The molecule has 0 unspecified atom stereocenters. The summed E-state index contributed by atoms with van der Waals surface area (Å²) in [4.78, 5) is 63.9. The van der Waals surface area contributed by atoms with Gasteiger partial charge in [-0.3, -0.25) is 24.1 Å². The molecule has 0 bridgehead atoms. The molecule has 390 valence electrons. The number of rotatable bonds is 17. The third-order valence-electron chi connectivity index (χ3n) is 13.0. The van der Waals surface area contributed by atoms with Gasteiger partial charge in [-0.05, 0) is 110 Å². The minimum Gasteiger partial charge on any atom is -0.493 e. The number of β-amino-alcohol motifs (C(OH)–C–C–N with tert-alkyl or cyclic N) is 1. The second-order valence-electron chi connectivity index (χ2n) is 19.9. The van der Waals surface area contributed by atoms with Gasteiger partial charge in [0.1, 0.15) is 30.0 Å². The van der Waals surface area contributed by atoms with Gasteiger partial charge in [-0.2, -0.15) is 18.4 Å². The lowest BCUT2D eigenvalue weighted by Gasteiger charge is -2.35. The highest BCUT2D eigenvalue weighted by Gasteiger charge is 2.51. The highest BCUT2D eigenvalue weighted by Crippen LogP contribution is 2.40. The van der Waals surface area contributed by atoms with Gasteiger partial charge in [-0.1, -0.05) is 69.3 Å². The van der Waals surface area contributed by atoms with Gasteiger partial charge in [-0.25, -0.2) is 4.98 Å². The third-order valence-corrected chi connectivity index (χ3v) is 14.3. The maximum absolute atomic E-state index is 14.1. The number of aryl methyl sites for hydroxylation is 1. The zero-order valence-corrected chi connectivity index (χ0v) is 43.5. The van der Waals surface area contributed by atoms with E-state index in [1.807, 2.05) is 62.4 Å². The number of thiazole rings is 1. The number of alkyl halides is 3. The molecule has 5 atom stereocenters. The number of ether oxygens (including phenoxy) is 2. The fourth-order valence-corrected chi connectivity index (χ4v) is 10.2. The number of aromatic nitrogens is 1. The summed E-state index contributed by atoms with van der Waals surface area (Å²) in [6, 6.07) is 24.3. The second-order valence-corrected chi connectivity index (χ2v) is 21.1. The molecule has 2 saturated heterocycles. The molecule has 15 nitrogen and oxygen atoms in total. The number of aliphatic hydroxyl groups is 2. The van der Waals surface area contributed by atoms with Gasteiger partial charge >= 0.3 is 6.18 Å². The van der Waals surface area contributed by atoms with E-state index in [1.54, 1.807) is 86.7 Å². The number of halogens is 3. The number of nitrogens with one attached hydrogen (secondary N) is 2. The van der Waals surface area contributed by atoms with E-state index < -0.39 is 88.8 Å². The molecule has 0 aliphatic carbocycles. The Morgan fingerprint density at radius 3 is 2.18 bits per heavy atom. The van der Waals surface area contributed by atoms with E-state index in [4.69, 9.17) is 21.7 Å². The second kappa shape index (κ2) is 22.4. The Hall–Kier alpha value is -6.76. The van der Waals surface area contributed by atoms with Crippen LogP contribution in [0.2, 0.25) is 0 Å². The molecule has 2 fully saturated rings. The normalized spacial score (nSPS) is 18.0. The fourth-order valence-electron chi connectivity index (χ4n) is 8.91. The molecule has 2 aliphatic heterocycles. The van der Waals surface area contributed by atoms with Crippen LogP contribution in [0.15, 0.2) is 96.5 Å². The Kier molecular flexibility index (Phi) is 16.6. The summed E-state index contributed by atoms with van der Waals surface area (Å²) in [5, 5.41) is 36.2. The number of nitrogens with zero attached hydrogens (tertiary/aromatic N) is 5. The van der Waals surface area contributed by atoms with Crippen LogP contribution in [-0.4, -0.2) is 105 Å². The Morgan fingerprint density at radius 2 is 1.58 bits per heavy atom. The minimum absolute atomic E-state index is 0.0157. The van der Waals surface area contributed by atoms with Crippen molar-refractivity contribution in [1.82, 2.24) is 20.5 Å². The van der Waals surface area contributed by atoms with Crippen molar-refractivity contribution < 1.29 is 52.0 Å². The van der Waals surface area contributed by atoms with Crippen LogP contribution in [0.1, 0.15) is 82.8 Å². The Balaban J connectivity index is 0.862. The monoisotopic (exact) mass is 1050 g/mol. The summed E-state index contributed by atoms with van der Waals surface area (Å²) in [7, 11) is 0. The SMILES string of the molecule is Cc1ncsc1-c1ccc([C@H](C)NC(=O)[C@@H]2C[C@@H](O)CN2C(=O)[C@@H](NC(=O)COC[C@H](O)CCOc2ccc(-c3ccc(N4C(=S)N(c5ccc(C#N)c(C(F)(F)F)c5)C(=O)C4(C)C)cc3)cc2)C(C)(C)C)cc1. The molecule has 0 spiro atoms. The van der Waals surface area contributed by atoms with Gasteiger partial charge in [0.2, 0.25) is 17.7 Å². The van der Waals surface area contributed by atoms with Gasteiger partial charge in [0.15, 0.2) is 5.11 Å². The smallest absolute Gasteiger partial charge is 0.417 e. The molecule has 4 N–H and O–H groups in total. The number of aliphatic hydroxyl groups excluding tert-OH is 2. The molecular formula is C54H58F3N7O8S2.